The van der Waals surface area contributed by atoms with E-state index in [0.717, 1.165) is 74.1 Å². The molecule has 4 atom stereocenters. The van der Waals surface area contributed by atoms with Gasteiger partial charge in [0.1, 0.15) is 11.6 Å². The third-order valence-electron chi connectivity index (χ3n) is 8.33. The molecule has 36 heavy (non-hydrogen) atoms. The Morgan fingerprint density at radius 1 is 1.00 bits per heavy atom. The smallest absolute Gasteiger partial charge is 0.159 e. The molecule has 0 aliphatic carbocycles. The summed E-state index contributed by atoms with van der Waals surface area (Å²) >= 11 is 0. The largest absolute Gasteiger partial charge is 0.391 e. The van der Waals surface area contributed by atoms with Crippen LogP contribution in [0.4, 0.5) is 5.82 Å². The fraction of sp³-hybridized carbons (Fsp3) is 0.593. The number of fused-ring (bicyclic) bond motifs is 3. The summed E-state index contributed by atoms with van der Waals surface area (Å²) in [7, 11) is 0. The molecular weight excluding hydrogens is 456 g/mol. The van der Waals surface area contributed by atoms with Gasteiger partial charge in [0.25, 0.3) is 0 Å². The Morgan fingerprint density at radius 2 is 1.83 bits per heavy atom. The maximum absolute atomic E-state index is 11.1. The fourth-order valence-corrected chi connectivity index (χ4v) is 6.34. The number of aryl methyl sites for hydroxylation is 2. The maximum Gasteiger partial charge on any atom is 0.159 e. The van der Waals surface area contributed by atoms with Crippen LogP contribution in [0.15, 0.2) is 24.4 Å². The summed E-state index contributed by atoms with van der Waals surface area (Å²) in [6.45, 7) is 8.99. The van der Waals surface area contributed by atoms with Gasteiger partial charge < -0.3 is 19.5 Å². The highest BCUT2D eigenvalue weighted by molar-refractivity contribution is 5.82. The van der Waals surface area contributed by atoms with Gasteiger partial charge in [-0.2, -0.15) is 5.10 Å². The average molecular weight is 493 g/mol. The number of benzene rings is 1. The van der Waals surface area contributed by atoms with Crippen LogP contribution in [0.2, 0.25) is 0 Å². The lowest BCUT2D eigenvalue weighted by Crippen LogP contribution is -2.55. The first-order chi connectivity index (χ1) is 17.0. The van der Waals surface area contributed by atoms with Crippen molar-refractivity contribution in [2.24, 2.45) is 0 Å². The van der Waals surface area contributed by atoms with E-state index in [0.29, 0.717) is 24.7 Å². The summed E-state index contributed by atoms with van der Waals surface area (Å²) in [6.07, 6.45) is 3.83. The standard InChI is InChI=1S/C26H32N6O3.CH4/c1-15-5-17-9-27-32(26-8-25(28-16(2)29-26)31-10-20-6-18(31)14-35-20)23(17)7-22(15)21-3-4-30(11-24(21)33)19-12-34-13-19;/h5,7-9,18-21,24,33H,3-4,6,10-14H2,1-2H3;1H4. The topological polar surface area (TPSA) is 88.8 Å². The Kier molecular flexibility index (Phi) is 5.99. The van der Waals surface area contributed by atoms with E-state index in [2.05, 4.69) is 28.9 Å². The number of aromatic nitrogens is 4. The van der Waals surface area contributed by atoms with Crippen molar-refractivity contribution in [2.45, 2.75) is 64.3 Å². The van der Waals surface area contributed by atoms with Crippen LogP contribution in [-0.2, 0) is 9.47 Å². The molecule has 4 fully saturated rings. The number of nitrogens with zero attached hydrogens (tertiary/aromatic N) is 6. The molecule has 0 radical (unpaired) electrons. The summed E-state index contributed by atoms with van der Waals surface area (Å²) in [5.41, 5.74) is 3.42. The molecule has 9 nitrogen and oxygen atoms in total. The summed E-state index contributed by atoms with van der Waals surface area (Å²) in [4.78, 5) is 14.2. The molecule has 0 spiro atoms. The van der Waals surface area contributed by atoms with Crippen molar-refractivity contribution >= 4 is 16.7 Å². The molecule has 4 aliphatic heterocycles. The van der Waals surface area contributed by atoms with E-state index in [1.54, 1.807) is 0 Å². The minimum Gasteiger partial charge on any atom is -0.391 e. The third-order valence-corrected chi connectivity index (χ3v) is 8.33. The molecule has 6 heterocycles. The molecule has 7 rings (SSSR count). The number of aliphatic hydroxyl groups is 1. The molecule has 9 heteroatoms. The number of morpholine rings is 1. The number of rotatable bonds is 4. The molecule has 192 valence electrons. The number of aliphatic hydroxyl groups excluding tert-OH is 1. The molecule has 1 N–H and O–H groups in total. The molecule has 4 aliphatic rings. The Bertz CT molecular complexity index is 1270. The predicted octanol–water partition coefficient (Wildman–Crippen LogP) is 2.59. The summed E-state index contributed by atoms with van der Waals surface area (Å²) in [5, 5.41) is 16.9. The molecule has 2 aromatic heterocycles. The van der Waals surface area contributed by atoms with Crippen molar-refractivity contribution < 1.29 is 14.6 Å². The van der Waals surface area contributed by atoms with Gasteiger partial charge in [-0.1, -0.05) is 7.43 Å². The van der Waals surface area contributed by atoms with Crippen LogP contribution < -0.4 is 4.90 Å². The predicted molar refractivity (Wildman–Crippen MR) is 138 cm³/mol. The second kappa shape index (κ2) is 9.06. The SMILES string of the molecule is C.Cc1nc(N2CC3CC2CO3)cc(-n2ncc3cc(C)c(C4CCN(C5COC5)CC4O)cc32)n1. The molecule has 1 aromatic carbocycles. The fourth-order valence-electron chi connectivity index (χ4n) is 6.34. The van der Waals surface area contributed by atoms with Gasteiger partial charge in [-0.15, -0.1) is 0 Å². The second-order valence-corrected chi connectivity index (χ2v) is 10.6. The average Bonchev–Trinajstić information content (AvgIpc) is 3.53. The third kappa shape index (κ3) is 3.89. The van der Waals surface area contributed by atoms with E-state index in [9.17, 15) is 5.11 Å². The van der Waals surface area contributed by atoms with Crippen molar-refractivity contribution in [2.75, 3.05) is 44.4 Å². The lowest BCUT2D eigenvalue weighted by Gasteiger charge is -2.43. The number of β-amino-alcohol motifs (C(OH)–C–C–N with tert-alkyl or cyclic N) is 1. The van der Waals surface area contributed by atoms with Crippen LogP contribution in [0.1, 0.15) is 43.1 Å². The van der Waals surface area contributed by atoms with Crippen LogP contribution >= 0.6 is 0 Å². The van der Waals surface area contributed by atoms with Gasteiger partial charge >= 0.3 is 0 Å². The first-order valence-electron chi connectivity index (χ1n) is 12.8. The van der Waals surface area contributed by atoms with E-state index < -0.39 is 6.10 Å². The minimum absolute atomic E-state index is 0. The minimum atomic E-state index is -0.391. The van der Waals surface area contributed by atoms with Crippen molar-refractivity contribution in [3.8, 4) is 5.82 Å². The highest BCUT2D eigenvalue weighted by Crippen LogP contribution is 2.36. The van der Waals surface area contributed by atoms with Crippen molar-refractivity contribution in [3.05, 3.63) is 41.3 Å². The van der Waals surface area contributed by atoms with E-state index in [1.807, 2.05) is 23.9 Å². The number of ether oxygens (including phenoxy) is 2. The zero-order valence-electron chi connectivity index (χ0n) is 20.3. The van der Waals surface area contributed by atoms with E-state index >= 15 is 0 Å². The number of hydrogen-bond acceptors (Lipinski definition) is 8. The Labute approximate surface area is 212 Å². The first-order valence-corrected chi connectivity index (χ1v) is 12.8. The van der Waals surface area contributed by atoms with Gasteiger partial charge in [-0.25, -0.2) is 14.6 Å². The van der Waals surface area contributed by atoms with Crippen molar-refractivity contribution in [3.63, 3.8) is 0 Å². The van der Waals surface area contributed by atoms with E-state index in [1.165, 1.54) is 11.1 Å². The molecular formula is C27H36N6O3. The maximum atomic E-state index is 11.1. The summed E-state index contributed by atoms with van der Waals surface area (Å²) in [6, 6.07) is 7.32. The highest BCUT2D eigenvalue weighted by Gasteiger charge is 2.40. The Hall–Kier alpha value is -2.59. The number of hydrogen-bond donors (Lipinski definition) is 1. The monoisotopic (exact) mass is 492 g/mol. The van der Waals surface area contributed by atoms with E-state index in [4.69, 9.17) is 24.5 Å². The van der Waals surface area contributed by atoms with Gasteiger partial charge in [-0.3, -0.25) is 4.90 Å². The molecule has 0 saturated carbocycles. The number of anilines is 1. The Balaban J connectivity index is 0.00000240. The van der Waals surface area contributed by atoms with Gasteiger partial charge in [0.2, 0.25) is 0 Å². The summed E-state index contributed by atoms with van der Waals surface area (Å²) < 4.78 is 13.1. The molecule has 0 amide bonds. The van der Waals surface area contributed by atoms with Crippen LogP contribution in [-0.4, -0.2) is 93.5 Å². The van der Waals surface area contributed by atoms with Gasteiger partial charge in [0.05, 0.1) is 55.8 Å². The molecule has 4 unspecified atom stereocenters. The zero-order valence-corrected chi connectivity index (χ0v) is 20.3. The van der Waals surface area contributed by atoms with E-state index in [-0.39, 0.29) is 13.3 Å². The van der Waals surface area contributed by atoms with Crippen LogP contribution in [0.25, 0.3) is 16.7 Å². The van der Waals surface area contributed by atoms with Crippen molar-refractivity contribution in [1.82, 2.24) is 24.6 Å². The molecule has 3 aromatic rings. The van der Waals surface area contributed by atoms with Crippen LogP contribution in [0, 0.1) is 13.8 Å². The van der Waals surface area contributed by atoms with Gasteiger partial charge in [0.15, 0.2) is 5.82 Å². The van der Waals surface area contributed by atoms with Gasteiger partial charge in [0, 0.05) is 30.5 Å². The number of piperidine rings is 1. The van der Waals surface area contributed by atoms with Crippen LogP contribution in [0.5, 0.6) is 0 Å². The van der Waals surface area contributed by atoms with Crippen LogP contribution in [0.3, 0.4) is 0 Å². The van der Waals surface area contributed by atoms with Crippen molar-refractivity contribution in [1.29, 1.82) is 0 Å². The first kappa shape index (κ1) is 23.8. The molecule has 2 bridgehead atoms. The highest BCUT2D eigenvalue weighted by atomic mass is 16.5. The normalized spacial score (nSPS) is 28.5. The second-order valence-electron chi connectivity index (χ2n) is 10.6. The lowest BCUT2D eigenvalue weighted by molar-refractivity contribution is -0.0888. The Morgan fingerprint density at radius 3 is 2.53 bits per heavy atom. The quantitative estimate of drug-likeness (QED) is 0.595. The lowest BCUT2D eigenvalue weighted by atomic mass is 9.83. The summed E-state index contributed by atoms with van der Waals surface area (Å²) in [5.74, 6) is 2.58. The number of likely N-dealkylation sites (tertiary alicyclic amines) is 1. The molecule has 4 saturated heterocycles. The van der Waals surface area contributed by atoms with Gasteiger partial charge in [-0.05, 0) is 56.5 Å². The zero-order chi connectivity index (χ0) is 23.7.